The number of para-hydroxylation sites is 6. The zero-order chi connectivity index (χ0) is 52.5. The Bertz CT molecular complexity index is 3890. The minimum atomic E-state index is -2.58. The number of benzene rings is 8. The van der Waals surface area contributed by atoms with Crippen molar-refractivity contribution in [2.24, 2.45) is 0 Å². The van der Waals surface area contributed by atoms with E-state index in [9.17, 15) is 2.74 Å². The van der Waals surface area contributed by atoms with Gasteiger partial charge in [0.1, 0.15) is 0 Å². The fourth-order valence-electron chi connectivity index (χ4n) is 9.05. The molecule has 0 saturated carbocycles. The number of ether oxygens (including phenoxy) is 1. The van der Waals surface area contributed by atoms with Crippen molar-refractivity contribution in [1.29, 1.82) is 0 Å². The van der Waals surface area contributed by atoms with Crippen LogP contribution >= 0.6 is 0 Å². The van der Waals surface area contributed by atoms with E-state index in [0.717, 1.165) is 48.5 Å². The van der Waals surface area contributed by atoms with Gasteiger partial charge in [-0.2, -0.15) is 0 Å². The molecule has 0 atom stereocenters. The number of aromatic nitrogens is 3. The summed E-state index contributed by atoms with van der Waals surface area (Å²) in [5.74, 6) is 0.471. The van der Waals surface area contributed by atoms with Gasteiger partial charge in [-0.3, -0.25) is 0 Å². The summed E-state index contributed by atoms with van der Waals surface area (Å²) < 4.78 is 82.2. The van der Waals surface area contributed by atoms with Crippen LogP contribution in [0.2, 0.25) is 0 Å². The van der Waals surface area contributed by atoms with E-state index in [4.69, 9.17) is 17.9 Å². The summed E-state index contributed by atoms with van der Waals surface area (Å²) in [6, 6.07) is 58.9. The Labute approximate surface area is 414 Å². The number of pyridine rings is 1. The molecule has 0 amide bonds. The molecule has 0 aliphatic carbocycles. The largest absolute Gasteiger partial charge is 0.0637 e. The second kappa shape index (κ2) is 17.4. The average Bonchev–Trinajstić information content (AvgIpc) is 3.92. The molecule has 0 saturated heterocycles. The second-order valence-electron chi connectivity index (χ2n) is 17.4. The molecule has 3 heterocycles. The number of nitrogens with zero attached hydrogens (tertiary/aromatic N) is 5. The van der Waals surface area contributed by atoms with Crippen LogP contribution in [-0.2, 0) is 24.8 Å². The Morgan fingerprint density at radius 1 is 0.582 bits per heavy atom. The van der Waals surface area contributed by atoms with Crippen LogP contribution in [0.1, 0.15) is 42.9 Å². The van der Waals surface area contributed by atoms with E-state index in [-0.39, 0.29) is 40.2 Å². The normalized spacial score (nSPS) is 14.4. The monoisotopic (exact) mass is 1060 g/mol. The molecule has 0 bridgehead atoms. The number of rotatable bonds is 9. The van der Waals surface area contributed by atoms with E-state index in [1.807, 2.05) is 94.6 Å². The van der Waals surface area contributed by atoms with Crippen LogP contribution in [0.5, 0.6) is 11.6 Å². The maximum absolute atomic E-state index is 9.19. The van der Waals surface area contributed by atoms with Crippen LogP contribution < -0.4 is 19.8 Å². The van der Waals surface area contributed by atoms with E-state index < -0.39 is 32.0 Å². The van der Waals surface area contributed by atoms with Crippen LogP contribution in [-0.4, -0.2) is 21.1 Å². The van der Waals surface area contributed by atoms with Crippen LogP contribution in [0.4, 0.5) is 22.9 Å². The first-order valence-corrected chi connectivity index (χ1v) is 23.2. The zero-order valence-corrected chi connectivity index (χ0v) is 39.2. The number of fused-ring (bicyclic) bond motifs is 2. The van der Waals surface area contributed by atoms with Gasteiger partial charge in [0.2, 0.25) is 0 Å². The van der Waals surface area contributed by atoms with Crippen molar-refractivity contribution in [2.75, 3.05) is 9.62 Å². The molecule has 11 rings (SSSR count). The van der Waals surface area contributed by atoms with Crippen molar-refractivity contribution >= 4 is 46.4 Å². The Kier molecular flexibility index (Phi) is 8.81. The van der Waals surface area contributed by atoms with E-state index in [0.29, 0.717) is 22.9 Å². The van der Waals surface area contributed by atoms with Gasteiger partial charge in [-0.05, 0) is 18.2 Å². The van der Waals surface area contributed by atoms with E-state index >= 15 is 0 Å². The molecule has 8 aromatic carbocycles. The molecule has 328 valence electrons. The smallest absolute Gasteiger partial charge is 0.0623 e. The molecular formula is C59H48BN5OPt. The molecule has 1 aliphatic heterocycles. The fourth-order valence-corrected chi connectivity index (χ4v) is 10.1. The predicted molar refractivity (Wildman–Crippen MR) is 273 cm³/mol. The molecular weight excluding hydrogens is 1000 g/mol. The third-order valence-electron chi connectivity index (χ3n) is 12.2. The molecule has 0 fully saturated rings. The fraction of sp³-hybridized carbons (Fsp3) is 0.0847. The van der Waals surface area contributed by atoms with Gasteiger partial charge in [-0.15, -0.1) is 0 Å². The van der Waals surface area contributed by atoms with Gasteiger partial charge >= 0.3 is 325 Å². The second-order valence-corrected chi connectivity index (χ2v) is 18.4. The van der Waals surface area contributed by atoms with E-state index in [1.54, 1.807) is 36.4 Å². The van der Waals surface area contributed by atoms with Crippen LogP contribution in [0, 0.1) is 10.7 Å². The summed E-state index contributed by atoms with van der Waals surface area (Å²) in [6.07, 6.45) is 0. The minimum absolute atomic E-state index is 0.0211. The predicted octanol–water partition coefficient (Wildman–Crippen LogP) is 14.3. The van der Waals surface area contributed by atoms with Crippen molar-refractivity contribution in [3.05, 3.63) is 233 Å². The van der Waals surface area contributed by atoms with Gasteiger partial charge in [-0.25, -0.2) is 0 Å². The van der Waals surface area contributed by atoms with Gasteiger partial charge in [-0.1, -0.05) is 60.5 Å². The third kappa shape index (κ3) is 7.73. The molecule has 0 N–H and O–H groups in total. The zero-order valence-electron chi connectivity index (χ0n) is 44.9. The molecule has 0 unspecified atom stereocenters. The van der Waals surface area contributed by atoms with Crippen LogP contribution in [0.15, 0.2) is 218 Å². The van der Waals surface area contributed by atoms with Gasteiger partial charge in [0.25, 0.3) is 0 Å². The summed E-state index contributed by atoms with van der Waals surface area (Å²) in [5, 5.41) is 0. The summed E-state index contributed by atoms with van der Waals surface area (Å²) >= 11 is 2.37. The summed E-state index contributed by atoms with van der Waals surface area (Å²) in [6.45, 7) is 3.07. The number of imidazole rings is 1. The van der Waals surface area contributed by atoms with E-state index in [2.05, 4.69) is 116 Å². The van der Waals surface area contributed by atoms with Crippen molar-refractivity contribution in [1.82, 2.24) is 14.1 Å². The van der Waals surface area contributed by atoms with Crippen molar-refractivity contribution in [3.8, 4) is 45.3 Å². The summed E-state index contributed by atoms with van der Waals surface area (Å²) in [4.78, 5) is 8.81. The van der Waals surface area contributed by atoms with Crippen molar-refractivity contribution in [2.45, 2.75) is 33.0 Å². The number of aryl methyl sites for hydroxylation is 1. The molecule has 6 nitrogen and oxygen atoms in total. The first-order valence-electron chi connectivity index (χ1n) is 26.1. The maximum Gasteiger partial charge on any atom is 0.0623 e. The van der Waals surface area contributed by atoms with Crippen LogP contribution in [0.3, 0.4) is 0 Å². The number of hydrogen-bond donors (Lipinski definition) is 0. The molecule has 0 spiro atoms. The topological polar surface area (TPSA) is 38.5 Å². The van der Waals surface area contributed by atoms with Gasteiger partial charge in [0.05, 0.1) is 6.85 Å². The Morgan fingerprint density at radius 2 is 1.21 bits per heavy atom. The minimum Gasteiger partial charge on any atom is -0.0637 e. The average molecular weight is 1060 g/mol. The van der Waals surface area contributed by atoms with Crippen molar-refractivity contribution in [3.63, 3.8) is 0 Å². The quantitative estimate of drug-likeness (QED) is 0.135. The Balaban J connectivity index is 1.07. The third-order valence-corrected chi connectivity index (χ3v) is 13.2. The first-order chi connectivity index (χ1) is 36.0. The Morgan fingerprint density at radius 3 is 1.94 bits per heavy atom. The molecule has 10 aromatic rings. The van der Waals surface area contributed by atoms with Crippen molar-refractivity contribution < 1.29 is 35.1 Å². The molecule has 2 aromatic heterocycles. The van der Waals surface area contributed by atoms with E-state index in [1.165, 1.54) is 5.56 Å². The summed E-state index contributed by atoms with van der Waals surface area (Å²) in [7, 11) is 0. The van der Waals surface area contributed by atoms with Gasteiger partial charge in [0, 0.05) is 5.69 Å². The summed E-state index contributed by atoms with van der Waals surface area (Å²) in [5.41, 5.74) is 10.9. The maximum atomic E-state index is 9.19. The standard InChI is InChI=1S/C59H48BN5O.Pt/c1-42-37-38-48(40-55(42)66-57-36-20-35-56(61-57)65-54-34-17-16-33-53(54)64(47-27-12-7-13-28-47)60(65)46-25-10-6-11-26-46)62-41-63(52-32-15-14-31-51(52)62)58-49(43-21-8-5-9-22-43)29-19-30-50(58)44-23-18-24-45(39-44)59(2,3)4;/h5-40H,1-4H3;/i1D3,6D,10D,11D,25D,26D;. The molecule has 0 radical (unpaired) electrons. The number of anilines is 4. The molecule has 8 heteroatoms. The van der Waals surface area contributed by atoms with Gasteiger partial charge in [0.15, 0.2) is 0 Å². The number of hydrogen-bond acceptors (Lipinski definition) is 4. The van der Waals surface area contributed by atoms with Gasteiger partial charge < -0.3 is 0 Å². The molecule has 67 heavy (non-hydrogen) atoms. The molecule has 1 aliphatic rings. The van der Waals surface area contributed by atoms with Crippen LogP contribution in [0.25, 0.3) is 44.7 Å². The SMILES string of the molecule is [2H]c1c([2H])c([2H])c(B2N(c3ccccc3)c3ccccc3N2c2cccc(Oc3cc(-n4[c](=[Pt])n(-c5c(-c6ccccc6)cccc5-c5cccc(C(C)(C)C)c5)c5ccccc54)ccc3C([2H])([2H])[2H])n2)c([2H])c1[2H]. The first kappa shape index (κ1) is 33.9. The Hall–Kier alpha value is -7.47.